The van der Waals surface area contributed by atoms with Crippen LogP contribution in [-0.4, -0.2) is 57.6 Å². The van der Waals surface area contributed by atoms with Crippen LogP contribution >= 0.6 is 0 Å². The molecule has 3 N–H and O–H groups in total. The summed E-state index contributed by atoms with van der Waals surface area (Å²) in [4.78, 5) is 37.4. The number of carbonyl (C=O) groups is 3. The molecule has 0 spiro atoms. The molecule has 8 heteroatoms. The van der Waals surface area contributed by atoms with E-state index in [0.717, 1.165) is 47.4 Å². The number of likely N-dealkylation sites (N-methyl/N-ethyl adjacent to an activating group) is 1. The molecule has 0 saturated heterocycles. The summed E-state index contributed by atoms with van der Waals surface area (Å²) in [6, 6.07) is 7.97. The van der Waals surface area contributed by atoms with E-state index in [0.29, 0.717) is 6.54 Å². The molecule has 0 unspecified atom stereocenters. The fraction of sp³-hybridized carbons (Fsp3) is 0.400. The molecule has 0 aliphatic heterocycles. The number of anilines is 1. The SMILES string of the molecule is CCc1nc2ccccc2c(NC(=O)CN(CC)CC)c1C.O=C(O)C(=O)O. The second-order valence-electron chi connectivity index (χ2n) is 6.05. The molecule has 2 rings (SSSR count). The first-order valence-electron chi connectivity index (χ1n) is 9.11. The average Bonchev–Trinajstić information content (AvgIpc) is 2.68. The number of pyridine rings is 1. The highest BCUT2D eigenvalue weighted by Crippen LogP contribution is 2.28. The lowest BCUT2D eigenvalue weighted by atomic mass is 10.1. The summed E-state index contributed by atoms with van der Waals surface area (Å²) >= 11 is 0. The minimum atomic E-state index is -1.82. The number of para-hydroxylation sites is 1. The van der Waals surface area contributed by atoms with Crippen LogP contribution < -0.4 is 5.32 Å². The third-order valence-corrected chi connectivity index (χ3v) is 4.28. The molecule has 2 aromatic rings. The van der Waals surface area contributed by atoms with Crippen LogP contribution in [0.4, 0.5) is 5.69 Å². The summed E-state index contributed by atoms with van der Waals surface area (Å²) in [7, 11) is 0. The van der Waals surface area contributed by atoms with Crippen LogP contribution in [-0.2, 0) is 20.8 Å². The lowest BCUT2D eigenvalue weighted by Crippen LogP contribution is -2.33. The van der Waals surface area contributed by atoms with Gasteiger partial charge in [-0.1, -0.05) is 39.0 Å². The largest absolute Gasteiger partial charge is 0.473 e. The van der Waals surface area contributed by atoms with E-state index in [1.807, 2.05) is 31.2 Å². The molecule has 28 heavy (non-hydrogen) atoms. The molecule has 0 saturated carbocycles. The summed E-state index contributed by atoms with van der Waals surface area (Å²) in [5, 5.41) is 18.9. The van der Waals surface area contributed by atoms with Crippen molar-refractivity contribution in [3.8, 4) is 0 Å². The zero-order chi connectivity index (χ0) is 21.3. The molecule has 0 radical (unpaired) electrons. The van der Waals surface area contributed by atoms with Crippen LogP contribution in [0.25, 0.3) is 10.9 Å². The van der Waals surface area contributed by atoms with E-state index in [-0.39, 0.29) is 5.91 Å². The predicted octanol–water partition coefficient (Wildman–Crippen LogP) is 2.54. The number of hydrogen-bond acceptors (Lipinski definition) is 5. The Labute approximate surface area is 164 Å². The van der Waals surface area contributed by atoms with E-state index in [9.17, 15) is 4.79 Å². The number of carboxylic acid groups (broad SMARTS) is 2. The Balaban J connectivity index is 0.000000568. The molecule has 1 aromatic heterocycles. The van der Waals surface area contributed by atoms with E-state index in [1.165, 1.54) is 0 Å². The van der Waals surface area contributed by atoms with Gasteiger partial charge in [-0.25, -0.2) is 9.59 Å². The standard InChI is InChI=1S/C18H25N3O.C2H2O4/c1-5-15-13(4)18(14-10-8-9-11-16(14)19-15)20-17(22)12-21(6-2)7-3;3-1(4)2(5)6/h8-11H,5-7,12H2,1-4H3,(H,19,20,22);(H,3,4)(H,5,6). The number of fused-ring (bicyclic) bond motifs is 1. The first-order chi connectivity index (χ1) is 13.2. The zero-order valence-corrected chi connectivity index (χ0v) is 16.7. The number of amides is 1. The first-order valence-corrected chi connectivity index (χ1v) is 9.11. The number of aliphatic carboxylic acids is 2. The van der Waals surface area contributed by atoms with Crippen LogP contribution in [0.3, 0.4) is 0 Å². The molecule has 1 aromatic carbocycles. The fourth-order valence-corrected chi connectivity index (χ4v) is 2.69. The van der Waals surface area contributed by atoms with Crippen molar-refractivity contribution < 1.29 is 24.6 Å². The molecular formula is C20H27N3O5. The highest BCUT2D eigenvalue weighted by Gasteiger charge is 2.14. The van der Waals surface area contributed by atoms with E-state index in [4.69, 9.17) is 24.8 Å². The van der Waals surface area contributed by atoms with Gasteiger partial charge in [-0.15, -0.1) is 0 Å². The smallest absolute Gasteiger partial charge is 0.414 e. The minimum Gasteiger partial charge on any atom is -0.473 e. The number of benzene rings is 1. The second-order valence-corrected chi connectivity index (χ2v) is 6.05. The van der Waals surface area contributed by atoms with Crippen molar-refractivity contribution in [2.75, 3.05) is 25.0 Å². The van der Waals surface area contributed by atoms with E-state index in [2.05, 4.69) is 31.0 Å². The molecule has 0 fully saturated rings. The molecule has 0 bridgehead atoms. The van der Waals surface area contributed by atoms with Crippen molar-refractivity contribution in [3.05, 3.63) is 35.5 Å². The summed E-state index contributed by atoms with van der Waals surface area (Å²) in [6.45, 7) is 10.4. The van der Waals surface area contributed by atoms with Gasteiger partial charge in [0.1, 0.15) is 0 Å². The minimum absolute atomic E-state index is 0.0326. The number of hydrogen-bond donors (Lipinski definition) is 3. The number of rotatable bonds is 6. The Bertz CT molecular complexity index is 835. The van der Waals surface area contributed by atoms with E-state index in [1.54, 1.807) is 0 Å². The molecule has 0 aliphatic carbocycles. The third kappa shape index (κ3) is 6.31. The average molecular weight is 389 g/mol. The van der Waals surface area contributed by atoms with Crippen molar-refractivity contribution in [2.45, 2.75) is 34.1 Å². The number of carbonyl (C=O) groups excluding carboxylic acids is 1. The van der Waals surface area contributed by atoms with Crippen molar-refractivity contribution in [3.63, 3.8) is 0 Å². The maximum atomic E-state index is 12.4. The highest BCUT2D eigenvalue weighted by atomic mass is 16.4. The molecule has 0 atom stereocenters. The van der Waals surface area contributed by atoms with Gasteiger partial charge in [-0.2, -0.15) is 0 Å². The van der Waals surface area contributed by atoms with Crippen molar-refractivity contribution in [2.24, 2.45) is 0 Å². The summed E-state index contributed by atoms with van der Waals surface area (Å²) in [6.07, 6.45) is 0.857. The van der Waals surface area contributed by atoms with Crippen LogP contribution in [0.1, 0.15) is 32.0 Å². The summed E-state index contributed by atoms with van der Waals surface area (Å²) < 4.78 is 0. The van der Waals surface area contributed by atoms with Gasteiger partial charge in [0.05, 0.1) is 17.7 Å². The fourth-order valence-electron chi connectivity index (χ4n) is 2.69. The highest BCUT2D eigenvalue weighted by molar-refractivity contribution is 6.27. The summed E-state index contributed by atoms with van der Waals surface area (Å²) in [5.41, 5.74) is 3.94. The van der Waals surface area contributed by atoms with Gasteiger partial charge in [0.15, 0.2) is 0 Å². The molecule has 1 heterocycles. The molecule has 8 nitrogen and oxygen atoms in total. The van der Waals surface area contributed by atoms with Crippen LogP contribution in [0, 0.1) is 6.92 Å². The van der Waals surface area contributed by atoms with Gasteiger partial charge in [-0.05, 0) is 38.1 Å². The van der Waals surface area contributed by atoms with Crippen LogP contribution in [0.15, 0.2) is 24.3 Å². The lowest BCUT2D eigenvalue weighted by Gasteiger charge is -2.19. The molecule has 1 amide bonds. The number of carboxylic acids is 2. The molecular weight excluding hydrogens is 362 g/mol. The number of aryl methyl sites for hydroxylation is 1. The number of nitrogens with one attached hydrogen (secondary N) is 1. The zero-order valence-electron chi connectivity index (χ0n) is 16.7. The monoisotopic (exact) mass is 389 g/mol. The first kappa shape index (κ1) is 23.0. The van der Waals surface area contributed by atoms with Gasteiger partial charge in [0, 0.05) is 11.1 Å². The van der Waals surface area contributed by atoms with Gasteiger partial charge in [-0.3, -0.25) is 14.7 Å². The summed E-state index contributed by atoms with van der Waals surface area (Å²) in [5.74, 6) is -3.62. The molecule has 152 valence electrons. The van der Waals surface area contributed by atoms with Crippen LogP contribution in [0.2, 0.25) is 0 Å². The molecule has 0 aliphatic rings. The number of nitrogens with zero attached hydrogens (tertiary/aromatic N) is 2. The quantitative estimate of drug-likeness (QED) is 0.649. The Hall–Kier alpha value is -3.00. The maximum absolute atomic E-state index is 12.4. The van der Waals surface area contributed by atoms with Gasteiger partial charge < -0.3 is 15.5 Å². The lowest BCUT2D eigenvalue weighted by molar-refractivity contribution is -0.159. The van der Waals surface area contributed by atoms with Crippen molar-refractivity contribution in [1.82, 2.24) is 9.88 Å². The Kier molecular flexibility index (Phi) is 9.04. The maximum Gasteiger partial charge on any atom is 0.414 e. The van der Waals surface area contributed by atoms with Crippen molar-refractivity contribution in [1.29, 1.82) is 0 Å². The predicted molar refractivity (Wildman–Crippen MR) is 108 cm³/mol. The van der Waals surface area contributed by atoms with E-state index >= 15 is 0 Å². The topological polar surface area (TPSA) is 120 Å². The Morgan fingerprint density at radius 1 is 1.04 bits per heavy atom. The third-order valence-electron chi connectivity index (χ3n) is 4.28. The van der Waals surface area contributed by atoms with E-state index < -0.39 is 11.9 Å². The van der Waals surface area contributed by atoms with Gasteiger partial charge in [0.2, 0.25) is 5.91 Å². The van der Waals surface area contributed by atoms with Gasteiger partial charge in [0.25, 0.3) is 0 Å². The van der Waals surface area contributed by atoms with Gasteiger partial charge >= 0.3 is 11.9 Å². The van der Waals surface area contributed by atoms with Crippen LogP contribution in [0.5, 0.6) is 0 Å². The Morgan fingerprint density at radius 2 is 1.61 bits per heavy atom. The normalized spacial score (nSPS) is 10.3. The second kappa shape index (κ2) is 11.0. The Morgan fingerprint density at radius 3 is 2.11 bits per heavy atom. The van der Waals surface area contributed by atoms with Crippen molar-refractivity contribution >= 4 is 34.4 Å². The number of aromatic nitrogens is 1.